The standard InChI is InChI=1S/C22H18ClF3N4O4/c1-32-16-5-3-12(7-13(16)23)27-21(31)15-9-20-28-14(8-19(22(24,25)26)30(20)29-15)11-2-4-17-18(6-11)34-10-33-17/h2-7,9,14,19,28H,8,10H2,1H3,(H,27,31). The Labute approximate surface area is 196 Å². The molecule has 1 aromatic heterocycles. The van der Waals surface area contributed by atoms with Crippen molar-refractivity contribution in [3.05, 3.63) is 58.7 Å². The van der Waals surface area contributed by atoms with E-state index in [1.807, 2.05) is 0 Å². The Morgan fingerprint density at radius 2 is 2.00 bits per heavy atom. The highest BCUT2D eigenvalue weighted by Crippen LogP contribution is 2.45. The number of benzene rings is 2. The van der Waals surface area contributed by atoms with Gasteiger partial charge < -0.3 is 24.8 Å². The van der Waals surface area contributed by atoms with Gasteiger partial charge in [-0.1, -0.05) is 17.7 Å². The van der Waals surface area contributed by atoms with Crippen LogP contribution in [-0.4, -0.2) is 35.8 Å². The number of aromatic nitrogens is 2. The lowest BCUT2D eigenvalue weighted by molar-refractivity contribution is -0.173. The molecule has 8 nitrogen and oxygen atoms in total. The van der Waals surface area contributed by atoms with Gasteiger partial charge in [-0.3, -0.25) is 4.79 Å². The van der Waals surface area contributed by atoms with Crippen molar-refractivity contribution in [1.82, 2.24) is 9.78 Å². The van der Waals surface area contributed by atoms with Crippen LogP contribution in [0.2, 0.25) is 5.02 Å². The number of carbonyl (C=O) groups is 1. The number of anilines is 2. The first-order valence-corrected chi connectivity index (χ1v) is 10.6. The van der Waals surface area contributed by atoms with Crippen molar-refractivity contribution in [2.24, 2.45) is 0 Å². The van der Waals surface area contributed by atoms with E-state index in [0.29, 0.717) is 28.5 Å². The number of alkyl halides is 3. The van der Waals surface area contributed by atoms with E-state index >= 15 is 0 Å². The molecule has 178 valence electrons. The lowest BCUT2D eigenvalue weighted by Crippen LogP contribution is -2.35. The van der Waals surface area contributed by atoms with E-state index < -0.39 is 24.2 Å². The van der Waals surface area contributed by atoms with E-state index in [9.17, 15) is 18.0 Å². The second kappa shape index (κ2) is 8.32. The van der Waals surface area contributed by atoms with Crippen LogP contribution < -0.4 is 24.8 Å². The van der Waals surface area contributed by atoms with E-state index in [1.165, 1.54) is 19.2 Å². The van der Waals surface area contributed by atoms with Crippen LogP contribution >= 0.6 is 11.6 Å². The van der Waals surface area contributed by atoms with Crippen molar-refractivity contribution in [2.45, 2.75) is 24.7 Å². The van der Waals surface area contributed by atoms with Crippen molar-refractivity contribution in [3.63, 3.8) is 0 Å². The summed E-state index contributed by atoms with van der Waals surface area (Å²) in [5.41, 5.74) is 0.778. The Morgan fingerprint density at radius 1 is 1.21 bits per heavy atom. The summed E-state index contributed by atoms with van der Waals surface area (Å²) in [6, 6.07) is 8.29. The maximum atomic E-state index is 13.9. The summed E-state index contributed by atoms with van der Waals surface area (Å²) < 4.78 is 58.3. The molecule has 0 saturated carbocycles. The molecular weight excluding hydrogens is 477 g/mol. The van der Waals surface area contributed by atoms with Crippen LogP contribution in [0.4, 0.5) is 24.7 Å². The second-order valence-electron chi connectivity index (χ2n) is 7.77. The van der Waals surface area contributed by atoms with Crippen LogP contribution in [0.1, 0.15) is 34.6 Å². The number of hydrogen-bond donors (Lipinski definition) is 2. The number of nitrogens with one attached hydrogen (secondary N) is 2. The summed E-state index contributed by atoms with van der Waals surface area (Å²) in [4.78, 5) is 12.7. The van der Waals surface area contributed by atoms with Crippen LogP contribution in [0.5, 0.6) is 17.2 Å². The number of rotatable bonds is 4. The highest BCUT2D eigenvalue weighted by Gasteiger charge is 2.47. The van der Waals surface area contributed by atoms with Gasteiger partial charge >= 0.3 is 6.18 Å². The number of ether oxygens (including phenoxy) is 3. The molecule has 1 amide bonds. The van der Waals surface area contributed by atoms with Crippen molar-refractivity contribution in [2.75, 3.05) is 24.5 Å². The van der Waals surface area contributed by atoms with E-state index in [0.717, 1.165) is 4.68 Å². The van der Waals surface area contributed by atoms with E-state index in [1.54, 1.807) is 30.3 Å². The fourth-order valence-corrected chi connectivity index (χ4v) is 4.23. The minimum atomic E-state index is -4.57. The molecule has 2 aliphatic heterocycles. The Bertz CT molecular complexity index is 1260. The Kier molecular flexibility index (Phi) is 5.43. The maximum Gasteiger partial charge on any atom is 0.410 e. The first-order chi connectivity index (χ1) is 16.2. The molecule has 0 fully saturated rings. The third-order valence-electron chi connectivity index (χ3n) is 5.63. The summed E-state index contributed by atoms with van der Waals surface area (Å²) in [5.74, 6) is 0.832. The maximum absolute atomic E-state index is 13.9. The Morgan fingerprint density at radius 3 is 2.74 bits per heavy atom. The third kappa shape index (κ3) is 4.07. The van der Waals surface area contributed by atoms with Gasteiger partial charge in [0.25, 0.3) is 5.91 Å². The molecule has 0 spiro atoms. The summed E-state index contributed by atoms with van der Waals surface area (Å²) in [6.45, 7) is 0.0622. The van der Waals surface area contributed by atoms with E-state index in [4.69, 9.17) is 25.8 Å². The molecule has 0 radical (unpaired) electrons. The quantitative estimate of drug-likeness (QED) is 0.519. The Hall–Kier alpha value is -3.60. The number of carbonyl (C=O) groups excluding carboxylic acids is 1. The van der Waals surface area contributed by atoms with Gasteiger partial charge in [-0.25, -0.2) is 4.68 Å². The topological polar surface area (TPSA) is 86.6 Å². The highest BCUT2D eigenvalue weighted by atomic mass is 35.5. The SMILES string of the molecule is COc1ccc(NC(=O)c2cc3n(n2)C(C(F)(F)F)CC(c2ccc4c(c2)OCO4)N3)cc1Cl. The molecule has 12 heteroatoms. The summed E-state index contributed by atoms with van der Waals surface area (Å²) >= 11 is 6.07. The lowest BCUT2D eigenvalue weighted by atomic mass is 9.96. The van der Waals surface area contributed by atoms with Gasteiger partial charge in [-0.15, -0.1) is 0 Å². The molecule has 34 heavy (non-hydrogen) atoms. The second-order valence-corrected chi connectivity index (χ2v) is 8.17. The zero-order valence-corrected chi connectivity index (χ0v) is 18.4. The van der Waals surface area contributed by atoms with Gasteiger partial charge in [-0.05, 0) is 35.9 Å². The smallest absolute Gasteiger partial charge is 0.410 e. The fourth-order valence-electron chi connectivity index (χ4n) is 3.97. The molecule has 3 heterocycles. The van der Waals surface area contributed by atoms with Gasteiger partial charge in [0.2, 0.25) is 6.79 Å². The monoisotopic (exact) mass is 494 g/mol. The first kappa shape index (κ1) is 22.2. The van der Waals surface area contributed by atoms with Crippen LogP contribution in [-0.2, 0) is 0 Å². The van der Waals surface area contributed by atoms with Gasteiger partial charge in [0.05, 0.1) is 18.2 Å². The average molecular weight is 495 g/mol. The number of fused-ring (bicyclic) bond motifs is 2. The predicted molar refractivity (Wildman–Crippen MR) is 117 cm³/mol. The molecule has 0 bridgehead atoms. The van der Waals surface area contributed by atoms with Crippen LogP contribution in [0.15, 0.2) is 42.5 Å². The van der Waals surface area contributed by atoms with Gasteiger partial charge in [0.15, 0.2) is 23.2 Å². The summed E-state index contributed by atoms with van der Waals surface area (Å²) in [6.07, 6.45) is -4.89. The average Bonchev–Trinajstić information content (AvgIpc) is 3.44. The normalized spacial score (nSPS) is 18.7. The molecule has 0 aliphatic carbocycles. The largest absolute Gasteiger partial charge is 0.495 e. The molecule has 2 aliphatic rings. The van der Waals surface area contributed by atoms with Gasteiger partial charge in [0.1, 0.15) is 11.6 Å². The zero-order valence-electron chi connectivity index (χ0n) is 17.6. The van der Waals surface area contributed by atoms with Gasteiger partial charge in [-0.2, -0.15) is 18.3 Å². The third-order valence-corrected chi connectivity index (χ3v) is 5.93. The molecule has 3 aromatic rings. The molecule has 0 saturated heterocycles. The van der Waals surface area contributed by atoms with Crippen molar-refractivity contribution in [1.29, 1.82) is 0 Å². The first-order valence-electron chi connectivity index (χ1n) is 10.2. The minimum absolute atomic E-state index is 0.0622. The van der Waals surface area contributed by atoms with Crippen LogP contribution in [0.25, 0.3) is 0 Å². The van der Waals surface area contributed by atoms with Crippen molar-refractivity contribution < 1.29 is 32.2 Å². The van der Waals surface area contributed by atoms with Crippen LogP contribution in [0, 0.1) is 0 Å². The minimum Gasteiger partial charge on any atom is -0.495 e. The number of methoxy groups -OCH3 is 1. The van der Waals surface area contributed by atoms with Crippen LogP contribution in [0.3, 0.4) is 0 Å². The van der Waals surface area contributed by atoms with Crippen molar-refractivity contribution >= 4 is 29.0 Å². The highest BCUT2D eigenvalue weighted by molar-refractivity contribution is 6.32. The molecular formula is C22H18ClF3N4O4. The molecule has 2 N–H and O–H groups in total. The van der Waals surface area contributed by atoms with Crippen molar-refractivity contribution in [3.8, 4) is 17.2 Å². The summed E-state index contributed by atoms with van der Waals surface area (Å²) in [7, 11) is 1.45. The lowest BCUT2D eigenvalue weighted by Gasteiger charge is -2.33. The Balaban J connectivity index is 1.42. The number of nitrogens with zero attached hydrogens (tertiary/aromatic N) is 2. The van der Waals surface area contributed by atoms with Gasteiger partial charge in [0, 0.05) is 18.2 Å². The zero-order chi connectivity index (χ0) is 24.0. The number of halogens is 4. The molecule has 2 unspecified atom stereocenters. The molecule has 2 aromatic carbocycles. The fraction of sp³-hybridized carbons (Fsp3) is 0.273. The number of amides is 1. The van der Waals surface area contributed by atoms with E-state index in [-0.39, 0.29) is 29.7 Å². The summed E-state index contributed by atoms with van der Waals surface area (Å²) in [5, 5.41) is 9.88. The molecule has 5 rings (SSSR count). The number of hydrogen-bond acceptors (Lipinski definition) is 6. The predicted octanol–water partition coefficient (Wildman–Crippen LogP) is 5.19. The van der Waals surface area contributed by atoms with E-state index in [2.05, 4.69) is 15.7 Å². The molecule has 2 atom stereocenters.